The molecule has 0 radical (unpaired) electrons. The van der Waals surface area contributed by atoms with Gasteiger partial charge in [0.15, 0.2) is 0 Å². The quantitative estimate of drug-likeness (QED) is 0.846. The summed E-state index contributed by atoms with van der Waals surface area (Å²) < 4.78 is 0. The van der Waals surface area contributed by atoms with Gasteiger partial charge in [0.2, 0.25) is 0 Å². The molecule has 2 bridgehead atoms. The van der Waals surface area contributed by atoms with E-state index in [1.54, 1.807) is 0 Å². The fourth-order valence-electron chi connectivity index (χ4n) is 4.71. The number of fused-ring (bicyclic) bond motifs is 2. The molecule has 2 saturated heterocycles. The lowest BCUT2D eigenvalue weighted by Gasteiger charge is -2.35. The number of hydrogen-bond acceptors (Lipinski definition) is 3. The molecule has 4 atom stereocenters. The second kappa shape index (κ2) is 6.11. The first kappa shape index (κ1) is 13.8. The zero-order valence-corrected chi connectivity index (χ0v) is 12.6. The van der Waals surface area contributed by atoms with Crippen LogP contribution >= 0.6 is 0 Å². The minimum atomic E-state index is 0.798. The summed E-state index contributed by atoms with van der Waals surface area (Å²) in [6.07, 6.45) is 9.87. The maximum absolute atomic E-state index is 5.99. The first-order valence-electron chi connectivity index (χ1n) is 8.42. The van der Waals surface area contributed by atoms with Crippen molar-refractivity contribution >= 4 is 0 Å². The van der Waals surface area contributed by atoms with Crippen molar-refractivity contribution in [2.75, 3.05) is 33.2 Å². The molecule has 1 aliphatic carbocycles. The average Bonchev–Trinajstić information content (AvgIpc) is 2.68. The third kappa shape index (κ3) is 2.98. The number of hydrogen-bond donors (Lipinski definition) is 1. The van der Waals surface area contributed by atoms with Crippen molar-refractivity contribution in [3.05, 3.63) is 0 Å². The van der Waals surface area contributed by atoms with Crippen molar-refractivity contribution in [1.29, 1.82) is 0 Å². The maximum atomic E-state index is 5.99. The van der Waals surface area contributed by atoms with E-state index in [1.165, 1.54) is 64.6 Å². The van der Waals surface area contributed by atoms with Crippen LogP contribution in [-0.4, -0.2) is 55.1 Å². The van der Waals surface area contributed by atoms with Gasteiger partial charge in [0.25, 0.3) is 0 Å². The van der Waals surface area contributed by atoms with Gasteiger partial charge in [0, 0.05) is 25.2 Å². The van der Waals surface area contributed by atoms with Gasteiger partial charge in [-0.05, 0) is 64.1 Å². The van der Waals surface area contributed by atoms with Crippen molar-refractivity contribution < 1.29 is 0 Å². The number of nitrogens with two attached hydrogens (primary N) is 1. The molecule has 0 amide bonds. The predicted molar refractivity (Wildman–Crippen MR) is 80.1 cm³/mol. The zero-order valence-electron chi connectivity index (χ0n) is 12.6. The van der Waals surface area contributed by atoms with E-state index in [1.807, 2.05) is 0 Å². The van der Waals surface area contributed by atoms with Gasteiger partial charge in [-0.3, -0.25) is 4.90 Å². The van der Waals surface area contributed by atoms with E-state index in [0.717, 1.165) is 30.5 Å². The van der Waals surface area contributed by atoms with E-state index in [-0.39, 0.29) is 0 Å². The summed E-state index contributed by atoms with van der Waals surface area (Å²) in [6, 6.07) is 1.69. The van der Waals surface area contributed by atoms with Crippen molar-refractivity contribution in [3.8, 4) is 0 Å². The van der Waals surface area contributed by atoms with Crippen LogP contribution in [0.25, 0.3) is 0 Å². The second-order valence-electron chi connectivity index (χ2n) is 7.14. The van der Waals surface area contributed by atoms with Gasteiger partial charge in [0.1, 0.15) is 0 Å². The summed E-state index contributed by atoms with van der Waals surface area (Å²) in [6.45, 7) is 4.85. The molecule has 3 rings (SSSR count). The Hall–Kier alpha value is -0.120. The molecule has 0 spiro atoms. The van der Waals surface area contributed by atoms with Crippen molar-refractivity contribution in [3.63, 3.8) is 0 Å². The summed E-state index contributed by atoms with van der Waals surface area (Å²) in [5, 5.41) is 0. The zero-order chi connectivity index (χ0) is 13.2. The van der Waals surface area contributed by atoms with Gasteiger partial charge in [-0.1, -0.05) is 12.8 Å². The second-order valence-corrected chi connectivity index (χ2v) is 7.14. The Morgan fingerprint density at radius 1 is 0.947 bits per heavy atom. The molecule has 2 aliphatic heterocycles. The molecule has 110 valence electrons. The monoisotopic (exact) mass is 265 g/mol. The van der Waals surface area contributed by atoms with E-state index in [0.29, 0.717) is 0 Å². The highest BCUT2D eigenvalue weighted by atomic mass is 15.3. The van der Waals surface area contributed by atoms with E-state index in [2.05, 4.69) is 16.8 Å². The van der Waals surface area contributed by atoms with Crippen LogP contribution in [0.15, 0.2) is 0 Å². The molecule has 0 aromatic heterocycles. The molecule has 2 N–H and O–H groups in total. The molecule has 3 fully saturated rings. The maximum Gasteiger partial charge on any atom is 0.0223 e. The number of nitrogens with zero attached hydrogens (tertiary/aromatic N) is 2. The van der Waals surface area contributed by atoms with E-state index in [9.17, 15) is 0 Å². The Bertz CT molecular complexity index is 294. The van der Waals surface area contributed by atoms with Gasteiger partial charge in [-0.25, -0.2) is 0 Å². The van der Waals surface area contributed by atoms with Crippen LogP contribution in [0.3, 0.4) is 0 Å². The molecular formula is C16H31N3. The fraction of sp³-hybridized carbons (Fsp3) is 1.00. The lowest BCUT2D eigenvalue weighted by atomic mass is 9.79. The van der Waals surface area contributed by atoms with Gasteiger partial charge < -0.3 is 10.6 Å². The van der Waals surface area contributed by atoms with E-state index >= 15 is 0 Å². The highest BCUT2D eigenvalue weighted by Crippen LogP contribution is 2.33. The van der Waals surface area contributed by atoms with Gasteiger partial charge in [-0.15, -0.1) is 0 Å². The summed E-state index contributed by atoms with van der Waals surface area (Å²) in [5.41, 5.74) is 5.99. The van der Waals surface area contributed by atoms with Crippen molar-refractivity contribution in [2.45, 2.75) is 57.0 Å². The highest BCUT2D eigenvalue weighted by Gasteiger charge is 2.35. The lowest BCUT2D eigenvalue weighted by Crippen LogP contribution is -2.41. The smallest absolute Gasteiger partial charge is 0.0223 e. The molecule has 0 aromatic carbocycles. The van der Waals surface area contributed by atoms with Crippen molar-refractivity contribution in [2.24, 2.45) is 17.6 Å². The molecule has 1 saturated carbocycles. The summed E-state index contributed by atoms with van der Waals surface area (Å²) in [7, 11) is 2.34. The Morgan fingerprint density at radius 2 is 1.68 bits per heavy atom. The third-order valence-electron chi connectivity index (χ3n) is 6.09. The molecule has 3 nitrogen and oxygen atoms in total. The molecule has 4 unspecified atom stereocenters. The van der Waals surface area contributed by atoms with Crippen LogP contribution in [0.2, 0.25) is 0 Å². The van der Waals surface area contributed by atoms with Crippen LogP contribution in [-0.2, 0) is 0 Å². The fourth-order valence-corrected chi connectivity index (χ4v) is 4.71. The van der Waals surface area contributed by atoms with Crippen LogP contribution in [0.1, 0.15) is 44.9 Å². The Balaban J connectivity index is 1.57. The molecular weight excluding hydrogens is 234 g/mol. The normalized spacial score (nSPS) is 41.4. The van der Waals surface area contributed by atoms with Crippen LogP contribution in [0.4, 0.5) is 0 Å². The Kier molecular flexibility index (Phi) is 4.45. The minimum Gasteiger partial charge on any atom is -0.330 e. The molecule has 19 heavy (non-hydrogen) atoms. The first-order valence-corrected chi connectivity index (χ1v) is 8.42. The summed E-state index contributed by atoms with van der Waals surface area (Å²) in [4.78, 5) is 5.42. The molecule has 3 aliphatic rings. The van der Waals surface area contributed by atoms with Gasteiger partial charge in [0.05, 0.1) is 0 Å². The minimum absolute atomic E-state index is 0.798. The first-order chi connectivity index (χ1) is 9.28. The largest absolute Gasteiger partial charge is 0.330 e. The SMILES string of the molecule is CN1C2CCC1CN(CC1CCCCC1CN)CC2. The molecule has 0 aromatic rings. The van der Waals surface area contributed by atoms with Gasteiger partial charge >= 0.3 is 0 Å². The summed E-state index contributed by atoms with van der Waals surface area (Å²) in [5.74, 6) is 1.67. The number of likely N-dealkylation sites (N-methyl/N-ethyl adjacent to an activating group) is 1. The van der Waals surface area contributed by atoms with Gasteiger partial charge in [-0.2, -0.15) is 0 Å². The predicted octanol–water partition coefficient (Wildman–Crippen LogP) is 1.92. The highest BCUT2D eigenvalue weighted by molar-refractivity contribution is 4.92. The van der Waals surface area contributed by atoms with Crippen LogP contribution in [0, 0.1) is 11.8 Å². The number of likely N-dealkylation sites (tertiary alicyclic amines) is 1. The van der Waals surface area contributed by atoms with E-state index in [4.69, 9.17) is 5.73 Å². The van der Waals surface area contributed by atoms with Crippen LogP contribution < -0.4 is 5.73 Å². The molecule has 2 heterocycles. The Morgan fingerprint density at radius 3 is 2.47 bits per heavy atom. The number of rotatable bonds is 3. The van der Waals surface area contributed by atoms with E-state index < -0.39 is 0 Å². The third-order valence-corrected chi connectivity index (χ3v) is 6.09. The Labute approximate surface area is 118 Å². The van der Waals surface area contributed by atoms with Crippen molar-refractivity contribution in [1.82, 2.24) is 9.80 Å². The summed E-state index contributed by atoms with van der Waals surface area (Å²) >= 11 is 0. The standard InChI is InChI=1S/C16H31N3/c1-18-15-6-7-16(18)12-19(9-8-15)11-14-5-3-2-4-13(14)10-17/h13-16H,2-12,17H2,1H3. The lowest BCUT2D eigenvalue weighted by molar-refractivity contribution is 0.143. The van der Waals surface area contributed by atoms with Crippen LogP contribution in [0.5, 0.6) is 0 Å². The molecule has 3 heteroatoms. The topological polar surface area (TPSA) is 32.5 Å². The average molecular weight is 265 g/mol.